The van der Waals surface area contributed by atoms with Crippen LogP contribution in [0.4, 0.5) is 0 Å². The van der Waals surface area contributed by atoms with Gasteiger partial charge in [0, 0.05) is 0 Å². The summed E-state index contributed by atoms with van der Waals surface area (Å²) >= 11 is 0. The van der Waals surface area contributed by atoms with Gasteiger partial charge in [-0.25, -0.2) is 24.3 Å². The molecule has 0 amide bonds. The minimum Gasteiger partial charge on any atom is -1.00 e. The van der Waals surface area contributed by atoms with E-state index in [-0.39, 0.29) is 51.0 Å². The Hall–Kier alpha value is 0.163. The SMILES string of the molecule is CCCCCC[c-]1cccc1.CCCCCC[c-]1cccc1.[Cl-].[Cl-].[Zr+4]. The van der Waals surface area contributed by atoms with Gasteiger partial charge in [-0.15, -0.1) is 0 Å². The molecule has 0 aliphatic heterocycles. The van der Waals surface area contributed by atoms with Gasteiger partial charge in [0.25, 0.3) is 0 Å². The molecule has 0 saturated carbocycles. The maximum Gasteiger partial charge on any atom is 4.00 e. The van der Waals surface area contributed by atoms with Crippen molar-refractivity contribution < 1.29 is 51.0 Å². The fourth-order valence-electron chi connectivity index (χ4n) is 2.67. The van der Waals surface area contributed by atoms with Crippen LogP contribution in [0.1, 0.15) is 76.3 Å². The van der Waals surface area contributed by atoms with E-state index in [0.717, 1.165) is 0 Å². The standard InChI is InChI=1S/2C11H17.2ClH.Zr/c2*1-2-3-4-5-8-11-9-6-7-10-11;;;/h2*6-7,9-10H,2-5,8H2,1H3;2*1H;/q2*-1;;;+4/p-2. The van der Waals surface area contributed by atoms with E-state index < -0.39 is 0 Å². The molecular weight excluding hydrogens is 426 g/mol. The Morgan fingerprint density at radius 3 is 1.12 bits per heavy atom. The number of hydrogen-bond donors (Lipinski definition) is 0. The molecule has 140 valence electrons. The molecule has 0 atom stereocenters. The molecule has 0 saturated heterocycles. The summed E-state index contributed by atoms with van der Waals surface area (Å²) in [5.74, 6) is 0. The molecule has 0 nitrogen and oxygen atoms in total. The van der Waals surface area contributed by atoms with Gasteiger partial charge in [-0.3, -0.25) is 0 Å². The molecule has 0 heterocycles. The summed E-state index contributed by atoms with van der Waals surface area (Å²) in [5.41, 5.74) is 3.00. The van der Waals surface area contributed by atoms with Gasteiger partial charge < -0.3 is 24.8 Å². The van der Waals surface area contributed by atoms with E-state index in [1.165, 1.54) is 75.3 Å². The predicted molar refractivity (Wildman–Crippen MR) is 99.8 cm³/mol. The summed E-state index contributed by atoms with van der Waals surface area (Å²) in [4.78, 5) is 0. The van der Waals surface area contributed by atoms with E-state index in [9.17, 15) is 0 Å². The summed E-state index contributed by atoms with van der Waals surface area (Å²) < 4.78 is 0. The van der Waals surface area contributed by atoms with Crippen molar-refractivity contribution in [3.8, 4) is 0 Å². The monoisotopic (exact) mass is 458 g/mol. The van der Waals surface area contributed by atoms with E-state index in [1.54, 1.807) is 0 Å². The van der Waals surface area contributed by atoms with Gasteiger partial charge in [0.2, 0.25) is 0 Å². The largest absolute Gasteiger partial charge is 4.00 e. The number of unbranched alkanes of at least 4 members (excludes halogenated alkanes) is 6. The summed E-state index contributed by atoms with van der Waals surface area (Å²) in [5, 5.41) is 0. The second-order valence-corrected chi connectivity index (χ2v) is 6.21. The summed E-state index contributed by atoms with van der Waals surface area (Å²) in [7, 11) is 0. The van der Waals surface area contributed by atoms with Crippen molar-refractivity contribution >= 4 is 0 Å². The van der Waals surface area contributed by atoms with Crippen LogP contribution >= 0.6 is 0 Å². The van der Waals surface area contributed by atoms with E-state index in [1.807, 2.05) is 0 Å². The maximum atomic E-state index is 2.25. The zero-order valence-corrected chi connectivity index (χ0v) is 19.9. The molecule has 0 N–H and O–H groups in total. The Morgan fingerprint density at radius 1 is 0.520 bits per heavy atom. The zero-order chi connectivity index (χ0) is 15.9. The van der Waals surface area contributed by atoms with Crippen molar-refractivity contribution in [2.75, 3.05) is 0 Å². The Bertz CT molecular complexity index is 379. The fourth-order valence-corrected chi connectivity index (χ4v) is 2.67. The third kappa shape index (κ3) is 17.3. The van der Waals surface area contributed by atoms with Crippen LogP contribution in [0, 0.1) is 0 Å². The van der Waals surface area contributed by atoms with E-state index in [0.29, 0.717) is 0 Å². The Labute approximate surface area is 187 Å². The van der Waals surface area contributed by atoms with Crippen molar-refractivity contribution in [2.45, 2.75) is 78.1 Å². The second kappa shape index (κ2) is 22.2. The first kappa shape index (κ1) is 29.9. The van der Waals surface area contributed by atoms with E-state index in [4.69, 9.17) is 0 Å². The van der Waals surface area contributed by atoms with Gasteiger partial charge in [0.1, 0.15) is 0 Å². The van der Waals surface area contributed by atoms with Crippen LogP contribution < -0.4 is 24.8 Å². The predicted octanol–water partition coefficient (Wildman–Crippen LogP) is 1.06. The molecule has 0 aromatic heterocycles. The molecule has 25 heavy (non-hydrogen) atoms. The van der Waals surface area contributed by atoms with Crippen LogP contribution in [-0.2, 0) is 39.0 Å². The molecule has 0 fully saturated rings. The topological polar surface area (TPSA) is 0 Å². The third-order valence-corrected chi connectivity index (χ3v) is 4.10. The number of halogens is 2. The first-order valence-electron chi connectivity index (χ1n) is 9.28. The first-order chi connectivity index (χ1) is 10.9. The molecule has 2 rings (SSSR count). The molecule has 0 aliphatic carbocycles. The second-order valence-electron chi connectivity index (χ2n) is 6.21. The van der Waals surface area contributed by atoms with Crippen molar-refractivity contribution in [3.63, 3.8) is 0 Å². The molecule has 0 bridgehead atoms. The fraction of sp³-hybridized carbons (Fsp3) is 0.545. The van der Waals surface area contributed by atoms with Crippen molar-refractivity contribution in [3.05, 3.63) is 59.7 Å². The molecule has 0 unspecified atom stereocenters. The van der Waals surface area contributed by atoms with Crippen LogP contribution in [0.5, 0.6) is 0 Å². The maximum absolute atomic E-state index is 2.25. The summed E-state index contributed by atoms with van der Waals surface area (Å²) in [6.07, 6.45) is 13.5. The molecule has 0 radical (unpaired) electrons. The number of rotatable bonds is 10. The minimum absolute atomic E-state index is 0. The van der Waals surface area contributed by atoms with Crippen LogP contribution in [0.25, 0.3) is 0 Å². The zero-order valence-electron chi connectivity index (χ0n) is 15.9. The van der Waals surface area contributed by atoms with Crippen LogP contribution in [-0.4, -0.2) is 0 Å². The smallest absolute Gasteiger partial charge is 1.00 e. The number of aryl methyl sites for hydroxylation is 2. The average Bonchev–Trinajstić information content (AvgIpc) is 3.22. The van der Waals surface area contributed by atoms with Gasteiger partial charge >= 0.3 is 26.2 Å². The average molecular weight is 461 g/mol. The van der Waals surface area contributed by atoms with E-state index >= 15 is 0 Å². The molecule has 2 aromatic carbocycles. The summed E-state index contributed by atoms with van der Waals surface area (Å²) in [6.45, 7) is 4.50. The van der Waals surface area contributed by atoms with Crippen molar-refractivity contribution in [1.82, 2.24) is 0 Å². The van der Waals surface area contributed by atoms with Gasteiger partial charge in [0.15, 0.2) is 0 Å². The molecule has 0 spiro atoms. The molecule has 3 heteroatoms. The number of hydrogen-bond acceptors (Lipinski definition) is 0. The Balaban J connectivity index is -0.000000346. The van der Waals surface area contributed by atoms with Crippen LogP contribution in [0.3, 0.4) is 0 Å². The Kier molecular flexibility index (Phi) is 26.6. The first-order valence-corrected chi connectivity index (χ1v) is 9.28. The summed E-state index contributed by atoms with van der Waals surface area (Å²) in [6, 6.07) is 17.3. The van der Waals surface area contributed by atoms with Crippen molar-refractivity contribution in [1.29, 1.82) is 0 Å². The third-order valence-electron chi connectivity index (χ3n) is 4.10. The van der Waals surface area contributed by atoms with Crippen molar-refractivity contribution in [2.24, 2.45) is 0 Å². The quantitative estimate of drug-likeness (QED) is 0.368. The molecule has 2 aromatic rings. The molecular formula is C22H34Cl2Zr. The van der Waals surface area contributed by atoms with Crippen LogP contribution in [0.2, 0.25) is 0 Å². The van der Waals surface area contributed by atoms with Gasteiger partial charge in [-0.2, -0.15) is 35.4 Å². The normalized spacial score (nSPS) is 9.04. The van der Waals surface area contributed by atoms with E-state index in [2.05, 4.69) is 62.4 Å². The van der Waals surface area contributed by atoms with Gasteiger partial charge in [-0.05, 0) is 0 Å². The van der Waals surface area contributed by atoms with Gasteiger partial charge in [0.05, 0.1) is 0 Å². The Morgan fingerprint density at radius 2 is 0.840 bits per heavy atom. The van der Waals surface area contributed by atoms with Crippen LogP contribution in [0.15, 0.2) is 48.5 Å². The van der Waals surface area contributed by atoms with Gasteiger partial charge in [-0.1, -0.05) is 78.1 Å². The molecule has 0 aliphatic rings. The minimum atomic E-state index is 0.